The average molecular weight is 135 g/mol. The van der Waals surface area contributed by atoms with Crippen molar-refractivity contribution in [3.05, 3.63) is 36.1 Å². The van der Waals surface area contributed by atoms with Crippen LogP contribution in [0.25, 0.3) is 0 Å². The number of hydrogen-bond donors (Lipinski definition) is 0. The van der Waals surface area contributed by atoms with E-state index in [1.807, 2.05) is 26.0 Å². The van der Waals surface area contributed by atoms with Crippen LogP contribution in [0.5, 0.6) is 0 Å². The van der Waals surface area contributed by atoms with Gasteiger partial charge in [-0.3, -0.25) is 4.99 Å². The molecule has 0 aromatic carbocycles. The fourth-order valence-electron chi connectivity index (χ4n) is 0.568. The first-order chi connectivity index (χ1) is 4.76. The summed E-state index contributed by atoms with van der Waals surface area (Å²) in [6.45, 7) is 11.0. The van der Waals surface area contributed by atoms with Crippen molar-refractivity contribution in [2.75, 3.05) is 0 Å². The molecule has 0 rings (SSSR count). The van der Waals surface area contributed by atoms with Gasteiger partial charge >= 0.3 is 0 Å². The molecule has 0 heterocycles. The van der Waals surface area contributed by atoms with Crippen LogP contribution in [0, 0.1) is 0 Å². The van der Waals surface area contributed by atoms with Crippen molar-refractivity contribution in [2.45, 2.75) is 13.8 Å². The van der Waals surface area contributed by atoms with Crippen molar-refractivity contribution in [2.24, 2.45) is 4.99 Å². The van der Waals surface area contributed by atoms with Gasteiger partial charge in [0.1, 0.15) is 0 Å². The molecule has 0 radical (unpaired) electrons. The van der Waals surface area contributed by atoms with Crippen molar-refractivity contribution in [3.8, 4) is 0 Å². The smallest absolute Gasteiger partial charge is 0.0648 e. The van der Waals surface area contributed by atoms with Crippen LogP contribution in [-0.2, 0) is 0 Å². The van der Waals surface area contributed by atoms with Crippen molar-refractivity contribution in [1.29, 1.82) is 0 Å². The van der Waals surface area contributed by atoms with Crippen LogP contribution in [0.4, 0.5) is 0 Å². The van der Waals surface area contributed by atoms with Crippen LogP contribution in [0.3, 0.4) is 0 Å². The van der Waals surface area contributed by atoms with Crippen molar-refractivity contribution in [1.82, 2.24) is 0 Å². The maximum Gasteiger partial charge on any atom is 0.0648 e. The Bertz CT molecular complexity index is 185. The molecule has 0 fully saturated rings. The molecule has 0 bridgehead atoms. The van der Waals surface area contributed by atoms with Crippen LogP contribution in [0.1, 0.15) is 13.8 Å². The summed E-state index contributed by atoms with van der Waals surface area (Å²) < 4.78 is 0. The number of allylic oxidation sites excluding steroid dienone is 4. The number of aliphatic imine (C=N–C) groups is 1. The van der Waals surface area contributed by atoms with E-state index >= 15 is 0 Å². The topological polar surface area (TPSA) is 12.4 Å². The quantitative estimate of drug-likeness (QED) is 0.417. The van der Waals surface area contributed by atoms with Crippen LogP contribution in [-0.4, -0.2) is 6.72 Å². The van der Waals surface area contributed by atoms with E-state index < -0.39 is 0 Å². The Morgan fingerprint density at radius 2 is 2.10 bits per heavy atom. The summed E-state index contributed by atoms with van der Waals surface area (Å²) in [6.07, 6.45) is 5.53. The molecule has 0 aromatic heterocycles. The van der Waals surface area contributed by atoms with E-state index in [1.54, 1.807) is 6.08 Å². The van der Waals surface area contributed by atoms with E-state index in [0.29, 0.717) is 0 Å². The third kappa shape index (κ3) is 2.44. The summed E-state index contributed by atoms with van der Waals surface area (Å²) in [7, 11) is 0. The first-order valence-electron chi connectivity index (χ1n) is 3.19. The van der Waals surface area contributed by atoms with E-state index in [-0.39, 0.29) is 0 Å². The molecule has 0 amide bonds. The molecule has 1 nitrogen and oxygen atoms in total. The minimum atomic E-state index is 0.887. The molecule has 0 saturated carbocycles. The summed E-state index contributed by atoms with van der Waals surface area (Å²) in [5.41, 5.74) is 2.01. The van der Waals surface area contributed by atoms with Crippen molar-refractivity contribution < 1.29 is 0 Å². The van der Waals surface area contributed by atoms with E-state index in [1.165, 1.54) is 0 Å². The Hall–Kier alpha value is -1.11. The van der Waals surface area contributed by atoms with Gasteiger partial charge < -0.3 is 0 Å². The molecule has 0 aliphatic carbocycles. The molecule has 0 saturated heterocycles. The van der Waals surface area contributed by atoms with Gasteiger partial charge in [0, 0.05) is 0 Å². The van der Waals surface area contributed by atoms with Crippen LogP contribution in [0.15, 0.2) is 41.1 Å². The lowest BCUT2D eigenvalue weighted by Crippen LogP contribution is -1.78. The average Bonchev–Trinajstić information content (AvgIpc) is 1.99. The highest BCUT2D eigenvalue weighted by molar-refractivity contribution is 5.38. The molecule has 0 spiro atoms. The predicted molar refractivity (Wildman–Crippen MR) is 47.3 cm³/mol. The molecule has 0 N–H and O–H groups in total. The molecule has 0 unspecified atom stereocenters. The number of hydrogen-bond acceptors (Lipinski definition) is 1. The Morgan fingerprint density at radius 3 is 2.40 bits per heavy atom. The second kappa shape index (κ2) is 4.74. The lowest BCUT2D eigenvalue weighted by molar-refractivity contribution is 1.29. The van der Waals surface area contributed by atoms with E-state index in [2.05, 4.69) is 18.3 Å². The van der Waals surface area contributed by atoms with Gasteiger partial charge in [0.05, 0.1) is 5.70 Å². The van der Waals surface area contributed by atoms with Crippen molar-refractivity contribution >= 4 is 6.72 Å². The Kier molecular flexibility index (Phi) is 4.21. The maximum atomic E-state index is 3.82. The molecular formula is C9H13N. The summed E-state index contributed by atoms with van der Waals surface area (Å²) in [5, 5.41) is 0. The number of nitrogens with zero attached hydrogens (tertiary/aromatic N) is 1. The molecule has 0 aliphatic rings. The standard InChI is InChI=1S/C9H13N/c1-5-7-9(10-4)8(3)6-2/h5-7H,1,4H2,2-3H3/b8-6-,9-7+. The van der Waals surface area contributed by atoms with Gasteiger partial charge in [-0.1, -0.05) is 18.7 Å². The third-order valence-corrected chi connectivity index (χ3v) is 1.28. The fourth-order valence-corrected chi connectivity index (χ4v) is 0.568. The Morgan fingerprint density at radius 1 is 1.50 bits per heavy atom. The fraction of sp³-hybridized carbons (Fsp3) is 0.222. The molecular weight excluding hydrogens is 122 g/mol. The Balaban J connectivity index is 4.51. The van der Waals surface area contributed by atoms with E-state index in [4.69, 9.17) is 0 Å². The first-order valence-corrected chi connectivity index (χ1v) is 3.19. The minimum absolute atomic E-state index is 0.887. The van der Waals surface area contributed by atoms with Gasteiger partial charge in [0.25, 0.3) is 0 Å². The third-order valence-electron chi connectivity index (χ3n) is 1.28. The zero-order valence-electron chi connectivity index (χ0n) is 6.59. The number of rotatable bonds is 3. The zero-order chi connectivity index (χ0) is 7.98. The summed E-state index contributed by atoms with van der Waals surface area (Å²) in [5.74, 6) is 0. The van der Waals surface area contributed by atoms with Gasteiger partial charge in [0.2, 0.25) is 0 Å². The first kappa shape index (κ1) is 8.89. The Labute approximate surface area is 62.5 Å². The molecule has 0 aromatic rings. The van der Waals surface area contributed by atoms with Gasteiger partial charge in [-0.05, 0) is 32.2 Å². The zero-order valence-corrected chi connectivity index (χ0v) is 6.59. The van der Waals surface area contributed by atoms with Gasteiger partial charge in [0.15, 0.2) is 0 Å². The molecule has 10 heavy (non-hydrogen) atoms. The lowest BCUT2D eigenvalue weighted by Gasteiger charge is -1.96. The SMILES string of the molecule is C=C/C=C(N=C)\C(C)=C/C. The van der Waals surface area contributed by atoms with Crippen LogP contribution >= 0.6 is 0 Å². The van der Waals surface area contributed by atoms with Crippen LogP contribution in [0.2, 0.25) is 0 Å². The highest BCUT2D eigenvalue weighted by Gasteiger charge is 1.90. The largest absolute Gasteiger partial charge is 0.264 e. The summed E-state index contributed by atoms with van der Waals surface area (Å²) in [6, 6.07) is 0. The van der Waals surface area contributed by atoms with Gasteiger partial charge in [-0.2, -0.15) is 0 Å². The second-order valence-electron chi connectivity index (χ2n) is 1.92. The van der Waals surface area contributed by atoms with E-state index in [9.17, 15) is 0 Å². The van der Waals surface area contributed by atoms with E-state index in [0.717, 1.165) is 11.3 Å². The molecule has 54 valence electrons. The highest BCUT2D eigenvalue weighted by atomic mass is 14.7. The second-order valence-corrected chi connectivity index (χ2v) is 1.92. The molecule has 0 atom stereocenters. The summed E-state index contributed by atoms with van der Waals surface area (Å²) in [4.78, 5) is 3.82. The highest BCUT2D eigenvalue weighted by Crippen LogP contribution is 2.08. The predicted octanol–water partition coefficient (Wildman–Crippen LogP) is 2.72. The monoisotopic (exact) mass is 135 g/mol. The minimum Gasteiger partial charge on any atom is -0.264 e. The molecule has 0 aliphatic heterocycles. The molecule has 1 heteroatoms. The van der Waals surface area contributed by atoms with Crippen molar-refractivity contribution in [3.63, 3.8) is 0 Å². The van der Waals surface area contributed by atoms with Gasteiger partial charge in [-0.25, -0.2) is 0 Å². The van der Waals surface area contributed by atoms with Gasteiger partial charge in [-0.15, -0.1) is 0 Å². The summed E-state index contributed by atoms with van der Waals surface area (Å²) >= 11 is 0. The van der Waals surface area contributed by atoms with Crippen LogP contribution < -0.4 is 0 Å². The maximum absolute atomic E-state index is 3.82. The normalized spacial score (nSPS) is 13.0. The lowest BCUT2D eigenvalue weighted by atomic mass is 10.2.